The third-order valence-corrected chi connectivity index (χ3v) is 7.50. The molecule has 1 aliphatic heterocycles. The molecule has 0 radical (unpaired) electrons. The van der Waals surface area contributed by atoms with Gasteiger partial charge in [-0.1, -0.05) is 56.8 Å². The van der Waals surface area contributed by atoms with Crippen LogP contribution in [0.5, 0.6) is 0 Å². The lowest BCUT2D eigenvalue weighted by molar-refractivity contribution is 0.160. The molecule has 0 unspecified atom stereocenters. The number of unbranched alkanes of at least 4 members (excludes halogenated alkanes) is 2. The van der Waals surface area contributed by atoms with Crippen molar-refractivity contribution in [3.63, 3.8) is 0 Å². The van der Waals surface area contributed by atoms with Crippen molar-refractivity contribution in [2.24, 2.45) is 0 Å². The van der Waals surface area contributed by atoms with Gasteiger partial charge in [-0.2, -0.15) is 5.10 Å². The standard InChI is InChI=1S/C30H37N7/c1-4-22(3)36-17-15-35(16-18-36)13-7-6-8-14-37-30-27(29(31)32-21-33-30)28(34-37)26-12-11-24-19-23(5-2)9-10-25(24)20-26/h4,9-12,19-21H,1,3,5-8,13-18H2,2H3,(H2,31,32,33). The van der Waals surface area contributed by atoms with Crippen molar-refractivity contribution in [3.05, 3.63) is 73.2 Å². The van der Waals surface area contributed by atoms with Gasteiger partial charge in [-0.05, 0) is 54.3 Å². The van der Waals surface area contributed by atoms with Gasteiger partial charge >= 0.3 is 0 Å². The maximum absolute atomic E-state index is 6.33. The molecule has 0 aliphatic carbocycles. The Morgan fingerprint density at radius 3 is 2.51 bits per heavy atom. The Kier molecular flexibility index (Phi) is 7.51. The number of allylic oxidation sites excluding steroid dienone is 1. The van der Waals surface area contributed by atoms with E-state index in [1.165, 1.54) is 29.1 Å². The number of aromatic nitrogens is 4. The second kappa shape index (κ2) is 11.1. The van der Waals surface area contributed by atoms with E-state index < -0.39 is 0 Å². The molecular formula is C30H37N7. The molecule has 1 saturated heterocycles. The highest BCUT2D eigenvalue weighted by Gasteiger charge is 2.18. The van der Waals surface area contributed by atoms with Gasteiger partial charge in [0.05, 0.1) is 5.39 Å². The third kappa shape index (κ3) is 5.37. The second-order valence-electron chi connectivity index (χ2n) is 9.86. The lowest BCUT2D eigenvalue weighted by Crippen LogP contribution is -2.45. The lowest BCUT2D eigenvalue weighted by atomic mass is 10.0. The highest BCUT2D eigenvalue weighted by molar-refractivity contribution is 6.00. The summed E-state index contributed by atoms with van der Waals surface area (Å²) in [5, 5.41) is 8.26. The molecule has 7 nitrogen and oxygen atoms in total. The van der Waals surface area contributed by atoms with Gasteiger partial charge in [-0.25, -0.2) is 14.6 Å². The van der Waals surface area contributed by atoms with E-state index in [0.29, 0.717) is 5.82 Å². The summed E-state index contributed by atoms with van der Waals surface area (Å²) >= 11 is 0. The zero-order valence-corrected chi connectivity index (χ0v) is 21.9. The van der Waals surface area contributed by atoms with Crippen LogP contribution >= 0.6 is 0 Å². The molecule has 0 amide bonds. The second-order valence-corrected chi connectivity index (χ2v) is 9.86. The van der Waals surface area contributed by atoms with Crippen LogP contribution in [-0.2, 0) is 13.0 Å². The number of nitrogen functional groups attached to an aromatic ring is 1. The Bertz CT molecular complexity index is 1410. The van der Waals surface area contributed by atoms with Crippen LogP contribution < -0.4 is 5.73 Å². The SMILES string of the molecule is C=CC(=C)N1CCN(CCCCCn2nc(-c3ccc4cc(CC)ccc4c3)c3c(N)ncnc32)CC1. The number of benzene rings is 2. The largest absolute Gasteiger partial charge is 0.383 e. The maximum atomic E-state index is 6.33. The van der Waals surface area contributed by atoms with Crippen molar-refractivity contribution in [3.8, 4) is 11.3 Å². The molecule has 2 aromatic carbocycles. The number of fused-ring (bicyclic) bond motifs is 2. The summed E-state index contributed by atoms with van der Waals surface area (Å²) < 4.78 is 2.01. The number of hydrogen-bond acceptors (Lipinski definition) is 6. The number of nitrogens with two attached hydrogens (primary N) is 1. The molecule has 0 spiro atoms. The van der Waals surface area contributed by atoms with Crippen LogP contribution in [0.2, 0.25) is 0 Å². The van der Waals surface area contributed by atoms with Gasteiger partial charge in [-0.3, -0.25) is 4.90 Å². The summed E-state index contributed by atoms with van der Waals surface area (Å²) in [6, 6.07) is 13.1. The van der Waals surface area contributed by atoms with E-state index in [1.54, 1.807) is 0 Å². The number of hydrogen-bond donors (Lipinski definition) is 1. The molecule has 3 heterocycles. The molecule has 7 heteroatoms. The number of piperazine rings is 1. The van der Waals surface area contributed by atoms with Crippen molar-refractivity contribution in [1.29, 1.82) is 0 Å². The molecule has 0 bridgehead atoms. The van der Waals surface area contributed by atoms with E-state index in [9.17, 15) is 0 Å². The first-order chi connectivity index (χ1) is 18.1. The van der Waals surface area contributed by atoms with E-state index >= 15 is 0 Å². The first-order valence-electron chi connectivity index (χ1n) is 13.4. The molecule has 192 valence electrons. The van der Waals surface area contributed by atoms with Gasteiger partial charge < -0.3 is 10.6 Å². The molecule has 5 rings (SSSR count). The summed E-state index contributed by atoms with van der Waals surface area (Å²) in [6.07, 6.45) is 7.78. The fraction of sp³-hybridized carbons (Fsp3) is 0.367. The van der Waals surface area contributed by atoms with E-state index in [1.807, 2.05) is 10.8 Å². The third-order valence-electron chi connectivity index (χ3n) is 7.50. The molecule has 37 heavy (non-hydrogen) atoms. The topological polar surface area (TPSA) is 76.1 Å². The minimum absolute atomic E-state index is 0.478. The summed E-state index contributed by atoms with van der Waals surface area (Å²) in [6.45, 7) is 16.3. The molecule has 2 N–H and O–H groups in total. The van der Waals surface area contributed by atoms with Crippen LogP contribution in [-0.4, -0.2) is 62.3 Å². The van der Waals surface area contributed by atoms with Crippen molar-refractivity contribution >= 4 is 27.6 Å². The first-order valence-corrected chi connectivity index (χ1v) is 13.4. The first kappa shape index (κ1) is 25.0. The van der Waals surface area contributed by atoms with E-state index in [4.69, 9.17) is 10.8 Å². The van der Waals surface area contributed by atoms with Crippen molar-refractivity contribution in [2.45, 2.75) is 39.2 Å². The number of nitrogens with zero attached hydrogens (tertiary/aromatic N) is 6. The Hall–Kier alpha value is -3.71. The fourth-order valence-electron chi connectivity index (χ4n) is 5.21. The number of rotatable bonds is 10. The average Bonchev–Trinajstić information content (AvgIpc) is 3.32. The van der Waals surface area contributed by atoms with Gasteiger partial charge in [0.1, 0.15) is 17.8 Å². The number of aryl methyl sites for hydroxylation is 2. The van der Waals surface area contributed by atoms with Crippen molar-refractivity contribution in [1.82, 2.24) is 29.5 Å². The minimum atomic E-state index is 0.478. The van der Waals surface area contributed by atoms with Gasteiger partial charge in [0.15, 0.2) is 5.65 Å². The van der Waals surface area contributed by atoms with Crippen LogP contribution in [0.3, 0.4) is 0 Å². The number of anilines is 1. The molecule has 4 aromatic rings. The maximum Gasteiger partial charge on any atom is 0.163 e. The summed E-state index contributed by atoms with van der Waals surface area (Å²) in [7, 11) is 0. The summed E-state index contributed by atoms with van der Waals surface area (Å²) in [5.74, 6) is 0.478. The average molecular weight is 496 g/mol. The van der Waals surface area contributed by atoms with Crippen molar-refractivity contribution < 1.29 is 0 Å². The van der Waals surface area contributed by atoms with E-state index in [-0.39, 0.29) is 0 Å². The Labute approximate surface area is 219 Å². The smallest absolute Gasteiger partial charge is 0.163 e. The molecule has 0 saturated carbocycles. The summed E-state index contributed by atoms with van der Waals surface area (Å²) in [4.78, 5) is 13.7. The highest BCUT2D eigenvalue weighted by atomic mass is 15.3. The quantitative estimate of drug-likeness (QED) is 0.238. The van der Waals surface area contributed by atoms with Crippen LogP contribution in [0.1, 0.15) is 31.7 Å². The molecular weight excluding hydrogens is 458 g/mol. The van der Waals surface area contributed by atoms with E-state index in [2.05, 4.69) is 76.2 Å². The zero-order valence-electron chi connectivity index (χ0n) is 21.9. The van der Waals surface area contributed by atoms with Crippen LogP contribution in [0.25, 0.3) is 33.1 Å². The Morgan fingerprint density at radius 1 is 0.973 bits per heavy atom. The Balaban J connectivity index is 1.24. The van der Waals surface area contributed by atoms with Gasteiger partial charge in [0.25, 0.3) is 0 Å². The van der Waals surface area contributed by atoms with Crippen LogP contribution in [0, 0.1) is 0 Å². The minimum Gasteiger partial charge on any atom is -0.383 e. The Morgan fingerprint density at radius 2 is 1.73 bits per heavy atom. The van der Waals surface area contributed by atoms with Gasteiger partial charge in [-0.15, -0.1) is 0 Å². The summed E-state index contributed by atoms with van der Waals surface area (Å²) in [5.41, 5.74) is 11.4. The lowest BCUT2D eigenvalue weighted by Gasteiger charge is -2.36. The van der Waals surface area contributed by atoms with Gasteiger partial charge in [0.2, 0.25) is 0 Å². The molecule has 1 fully saturated rings. The fourth-order valence-corrected chi connectivity index (χ4v) is 5.21. The molecule has 1 aliphatic rings. The van der Waals surface area contributed by atoms with Gasteiger partial charge in [0, 0.05) is 44.0 Å². The predicted octanol–water partition coefficient (Wildman–Crippen LogP) is 5.28. The molecule has 0 atom stereocenters. The van der Waals surface area contributed by atoms with Crippen LogP contribution in [0.4, 0.5) is 5.82 Å². The highest BCUT2D eigenvalue weighted by Crippen LogP contribution is 2.32. The van der Waals surface area contributed by atoms with Crippen LogP contribution in [0.15, 0.2) is 67.7 Å². The molecule has 2 aromatic heterocycles. The monoisotopic (exact) mass is 495 g/mol. The predicted molar refractivity (Wildman–Crippen MR) is 153 cm³/mol. The van der Waals surface area contributed by atoms with E-state index in [0.717, 1.165) is 86.5 Å². The normalized spacial score (nSPS) is 14.5. The van der Waals surface area contributed by atoms with Crippen molar-refractivity contribution in [2.75, 3.05) is 38.5 Å². The zero-order chi connectivity index (χ0) is 25.8.